The van der Waals surface area contributed by atoms with Gasteiger partial charge in [-0.25, -0.2) is 0 Å². The van der Waals surface area contributed by atoms with Gasteiger partial charge in [-0.3, -0.25) is 4.79 Å². The largest absolute Gasteiger partial charge is 0.391 e. The number of ether oxygens (including phenoxy) is 1. The van der Waals surface area contributed by atoms with Crippen molar-refractivity contribution in [2.75, 3.05) is 19.7 Å². The molecule has 19 heavy (non-hydrogen) atoms. The van der Waals surface area contributed by atoms with Gasteiger partial charge in [-0.2, -0.15) is 0 Å². The maximum Gasteiger partial charge on any atom is 0.257 e. The Bertz CT molecular complexity index is 504. The average Bonchev–Trinajstić information content (AvgIpc) is 2.38. The van der Waals surface area contributed by atoms with E-state index in [-0.39, 0.29) is 10.9 Å². The molecule has 0 bridgehead atoms. The molecule has 1 amide bonds. The highest BCUT2D eigenvalue weighted by Crippen LogP contribution is 2.26. The summed E-state index contributed by atoms with van der Waals surface area (Å²) in [6.07, 6.45) is -0.422. The van der Waals surface area contributed by atoms with E-state index in [9.17, 15) is 4.79 Å². The minimum atomic E-state index is -0.422. The highest BCUT2D eigenvalue weighted by molar-refractivity contribution is 7.80. The number of thiocarbonyl (C=S) groups is 1. The van der Waals surface area contributed by atoms with Crippen molar-refractivity contribution in [1.29, 1.82) is 0 Å². The van der Waals surface area contributed by atoms with Gasteiger partial charge in [-0.15, -0.1) is 0 Å². The fourth-order valence-electron chi connectivity index (χ4n) is 1.87. The highest BCUT2D eigenvalue weighted by Gasteiger charge is 2.28. The number of carbonyl (C=O) groups excluding carboxylic acids is 1. The summed E-state index contributed by atoms with van der Waals surface area (Å²) in [5.41, 5.74) is 5.84. The van der Waals surface area contributed by atoms with Gasteiger partial charge in [0.25, 0.3) is 5.91 Å². The molecule has 2 rings (SSSR count). The molecule has 0 aliphatic carbocycles. The highest BCUT2D eigenvalue weighted by atomic mass is 35.5. The van der Waals surface area contributed by atoms with E-state index in [2.05, 4.69) is 0 Å². The Morgan fingerprint density at radius 1 is 1.42 bits per heavy atom. The molecule has 4 nitrogen and oxygen atoms in total. The summed E-state index contributed by atoms with van der Waals surface area (Å²) in [5.74, 6) is -0.236. The van der Waals surface area contributed by atoms with Crippen LogP contribution < -0.4 is 5.73 Å². The van der Waals surface area contributed by atoms with E-state index in [1.165, 1.54) is 0 Å². The van der Waals surface area contributed by atoms with E-state index < -0.39 is 6.10 Å². The Kier molecular flexibility index (Phi) is 4.62. The van der Waals surface area contributed by atoms with E-state index in [1.807, 2.05) is 0 Å². The topological polar surface area (TPSA) is 55.6 Å². The van der Waals surface area contributed by atoms with Crippen LogP contribution in [0.2, 0.25) is 10.0 Å². The third-order valence-electron chi connectivity index (χ3n) is 2.85. The smallest absolute Gasteiger partial charge is 0.257 e. The first kappa shape index (κ1) is 14.5. The van der Waals surface area contributed by atoms with E-state index in [4.69, 9.17) is 45.9 Å². The molecule has 1 aliphatic heterocycles. The summed E-state index contributed by atoms with van der Waals surface area (Å²) in [7, 11) is 0. The normalized spacial score (nSPS) is 19.3. The maximum atomic E-state index is 12.4. The van der Waals surface area contributed by atoms with Crippen LogP contribution in [0.3, 0.4) is 0 Å². The predicted octanol–water partition coefficient (Wildman–Crippen LogP) is 2.12. The lowest BCUT2D eigenvalue weighted by Gasteiger charge is -2.32. The number of amides is 1. The Hall–Kier alpha value is -0.880. The molecule has 0 saturated carbocycles. The first-order valence-electron chi connectivity index (χ1n) is 5.65. The summed E-state index contributed by atoms with van der Waals surface area (Å²) in [6, 6.07) is 4.96. The van der Waals surface area contributed by atoms with Crippen LogP contribution in [0.4, 0.5) is 0 Å². The van der Waals surface area contributed by atoms with Gasteiger partial charge in [-0.1, -0.05) is 41.5 Å². The number of hydrogen-bond acceptors (Lipinski definition) is 3. The van der Waals surface area contributed by atoms with Crippen molar-refractivity contribution >= 4 is 46.3 Å². The molecule has 0 spiro atoms. The Morgan fingerprint density at radius 2 is 2.05 bits per heavy atom. The second kappa shape index (κ2) is 6.05. The molecule has 2 N–H and O–H groups in total. The predicted molar refractivity (Wildman–Crippen MR) is 78.9 cm³/mol. The molecule has 1 saturated heterocycles. The van der Waals surface area contributed by atoms with Crippen molar-refractivity contribution < 1.29 is 9.53 Å². The fourth-order valence-corrected chi connectivity index (χ4v) is 2.57. The van der Waals surface area contributed by atoms with Crippen LogP contribution in [-0.4, -0.2) is 41.6 Å². The lowest BCUT2D eigenvalue weighted by molar-refractivity contribution is 0.00880. The quantitative estimate of drug-likeness (QED) is 0.849. The van der Waals surface area contributed by atoms with Crippen LogP contribution in [0, 0.1) is 0 Å². The van der Waals surface area contributed by atoms with E-state index in [0.717, 1.165) is 0 Å². The molecule has 7 heteroatoms. The molecular weight excluding hydrogens is 307 g/mol. The number of halogens is 2. The van der Waals surface area contributed by atoms with E-state index in [1.54, 1.807) is 23.1 Å². The van der Waals surface area contributed by atoms with Gasteiger partial charge >= 0.3 is 0 Å². The number of rotatable bonds is 2. The van der Waals surface area contributed by atoms with Gasteiger partial charge in [0.15, 0.2) is 0 Å². The third-order valence-corrected chi connectivity index (χ3v) is 3.74. The first-order chi connectivity index (χ1) is 9.00. The maximum absolute atomic E-state index is 12.4. The molecule has 1 heterocycles. The van der Waals surface area contributed by atoms with Crippen LogP contribution in [-0.2, 0) is 4.74 Å². The zero-order valence-corrected chi connectivity index (χ0v) is 12.3. The first-order valence-corrected chi connectivity index (χ1v) is 6.81. The Morgan fingerprint density at radius 3 is 2.63 bits per heavy atom. The van der Waals surface area contributed by atoms with Gasteiger partial charge < -0.3 is 15.4 Å². The minimum absolute atomic E-state index is 0.236. The molecule has 1 atom stereocenters. The Balaban J connectivity index is 2.22. The van der Waals surface area contributed by atoms with Crippen molar-refractivity contribution in [3.63, 3.8) is 0 Å². The molecular formula is C12H12Cl2N2O2S. The number of carbonyl (C=O) groups is 1. The summed E-state index contributed by atoms with van der Waals surface area (Å²) in [5, 5.41) is 0.659. The van der Waals surface area contributed by atoms with Gasteiger partial charge in [0.05, 0.1) is 28.8 Å². The molecule has 0 aromatic heterocycles. The minimum Gasteiger partial charge on any atom is -0.391 e. The van der Waals surface area contributed by atoms with Crippen LogP contribution in [0.25, 0.3) is 0 Å². The fraction of sp³-hybridized carbons (Fsp3) is 0.333. The third kappa shape index (κ3) is 3.17. The van der Waals surface area contributed by atoms with Crippen LogP contribution in [0.15, 0.2) is 18.2 Å². The second-order valence-corrected chi connectivity index (χ2v) is 5.40. The van der Waals surface area contributed by atoms with Gasteiger partial charge in [-0.05, 0) is 12.1 Å². The van der Waals surface area contributed by atoms with Crippen molar-refractivity contribution in [3.05, 3.63) is 33.8 Å². The summed E-state index contributed by atoms with van der Waals surface area (Å²) in [6.45, 7) is 1.16. The van der Waals surface area contributed by atoms with Crippen molar-refractivity contribution in [2.24, 2.45) is 5.73 Å². The van der Waals surface area contributed by atoms with Crippen LogP contribution in [0.1, 0.15) is 10.4 Å². The summed E-state index contributed by atoms with van der Waals surface area (Å²) < 4.78 is 5.39. The molecule has 1 aromatic rings. The van der Waals surface area contributed by atoms with Crippen LogP contribution >= 0.6 is 35.4 Å². The summed E-state index contributed by atoms with van der Waals surface area (Å²) >= 11 is 16.9. The number of benzene rings is 1. The molecule has 1 unspecified atom stereocenters. The number of nitrogens with zero attached hydrogens (tertiary/aromatic N) is 1. The lowest BCUT2D eigenvalue weighted by Crippen LogP contribution is -2.50. The zero-order valence-electron chi connectivity index (χ0n) is 9.94. The van der Waals surface area contributed by atoms with Crippen molar-refractivity contribution in [3.8, 4) is 0 Å². The van der Waals surface area contributed by atoms with Crippen molar-refractivity contribution in [1.82, 2.24) is 4.90 Å². The van der Waals surface area contributed by atoms with E-state index >= 15 is 0 Å². The standard InChI is InChI=1S/C12H12Cl2N2O2S/c13-7-2-1-3-8(14)10(7)12(17)16-4-5-18-9(6-16)11(15)19/h1-3,9H,4-6H2,(H2,15,19). The van der Waals surface area contributed by atoms with Gasteiger partial charge in [0.1, 0.15) is 11.1 Å². The van der Waals surface area contributed by atoms with E-state index in [0.29, 0.717) is 35.3 Å². The second-order valence-electron chi connectivity index (χ2n) is 4.11. The summed E-state index contributed by atoms with van der Waals surface area (Å²) in [4.78, 5) is 14.3. The van der Waals surface area contributed by atoms with Gasteiger partial charge in [0.2, 0.25) is 0 Å². The molecule has 1 aromatic carbocycles. The molecule has 1 aliphatic rings. The molecule has 0 radical (unpaired) electrons. The van der Waals surface area contributed by atoms with Crippen LogP contribution in [0.5, 0.6) is 0 Å². The SMILES string of the molecule is NC(=S)C1CN(C(=O)c2c(Cl)cccc2Cl)CCO1. The lowest BCUT2D eigenvalue weighted by atomic mass is 10.1. The molecule has 1 fully saturated rings. The van der Waals surface area contributed by atoms with Gasteiger partial charge in [0, 0.05) is 6.54 Å². The monoisotopic (exact) mass is 318 g/mol. The Labute approximate surface area is 126 Å². The number of hydrogen-bond donors (Lipinski definition) is 1. The molecule has 102 valence electrons. The number of nitrogens with two attached hydrogens (primary N) is 1. The van der Waals surface area contributed by atoms with Crippen molar-refractivity contribution in [2.45, 2.75) is 6.10 Å². The average molecular weight is 319 g/mol. The number of morpholine rings is 1. The zero-order chi connectivity index (χ0) is 14.0.